The van der Waals surface area contributed by atoms with Gasteiger partial charge >= 0.3 is 0 Å². The van der Waals surface area contributed by atoms with E-state index in [1.54, 1.807) is 24.2 Å². The summed E-state index contributed by atoms with van der Waals surface area (Å²) in [5, 5.41) is 0. The molecule has 0 spiro atoms. The zero-order valence-corrected chi connectivity index (χ0v) is 12.4. The molecule has 2 saturated heterocycles. The van der Waals surface area contributed by atoms with Crippen LogP contribution in [0.2, 0.25) is 0 Å². The van der Waals surface area contributed by atoms with Crippen molar-refractivity contribution in [2.24, 2.45) is 5.41 Å². The van der Waals surface area contributed by atoms with Crippen LogP contribution in [-0.2, 0) is 4.79 Å². The van der Waals surface area contributed by atoms with Crippen molar-refractivity contribution in [3.05, 3.63) is 29.6 Å². The van der Waals surface area contributed by atoms with Gasteiger partial charge in [0.15, 0.2) is 0 Å². The molecule has 1 aromatic rings. The van der Waals surface area contributed by atoms with E-state index >= 15 is 0 Å². The molecular formula is C16H20F2N2O. The summed E-state index contributed by atoms with van der Waals surface area (Å²) in [5.74, 6) is -0.367. The lowest BCUT2D eigenvalue weighted by Crippen LogP contribution is -2.40. The summed E-state index contributed by atoms with van der Waals surface area (Å²) < 4.78 is 27.0. The number of carbonyl (C=O) groups excluding carboxylic acids is 1. The second-order valence-corrected chi connectivity index (χ2v) is 6.27. The van der Waals surface area contributed by atoms with Gasteiger partial charge in [-0.15, -0.1) is 0 Å². The quantitative estimate of drug-likeness (QED) is 0.855. The standard InChI is InChI=1S/C16H20F2N2O/c1-3-16(14(17)18)7-12-4-5-13(20(12)15(16)21)11-6-10(2)8-19-9-11/h6,8-9,12-14H,3-5,7H2,1-2H3/t12-,13+,16-/m1/s1. The van der Waals surface area contributed by atoms with Crippen LogP contribution in [0.4, 0.5) is 8.78 Å². The number of fused-ring (bicyclic) bond motifs is 1. The lowest BCUT2D eigenvalue weighted by atomic mass is 9.81. The number of amides is 1. The highest BCUT2D eigenvalue weighted by Gasteiger charge is 2.59. The number of hydrogen-bond acceptors (Lipinski definition) is 2. The number of pyridine rings is 1. The van der Waals surface area contributed by atoms with Crippen LogP contribution in [0.15, 0.2) is 18.5 Å². The highest BCUT2D eigenvalue weighted by molar-refractivity contribution is 5.86. The zero-order valence-electron chi connectivity index (χ0n) is 12.4. The number of nitrogens with zero attached hydrogens (tertiary/aromatic N) is 2. The van der Waals surface area contributed by atoms with E-state index in [-0.39, 0.29) is 30.8 Å². The number of carbonyl (C=O) groups is 1. The van der Waals surface area contributed by atoms with E-state index in [1.807, 2.05) is 13.0 Å². The Morgan fingerprint density at radius 2 is 2.19 bits per heavy atom. The van der Waals surface area contributed by atoms with Gasteiger partial charge in [-0.05, 0) is 43.7 Å². The Balaban J connectivity index is 1.94. The molecule has 0 aromatic carbocycles. The Labute approximate surface area is 123 Å². The van der Waals surface area contributed by atoms with E-state index < -0.39 is 11.8 Å². The smallest absolute Gasteiger partial charge is 0.252 e. The topological polar surface area (TPSA) is 33.2 Å². The van der Waals surface area contributed by atoms with Crippen LogP contribution in [0.3, 0.4) is 0 Å². The summed E-state index contributed by atoms with van der Waals surface area (Å²) in [6.07, 6.45) is 3.06. The summed E-state index contributed by atoms with van der Waals surface area (Å²) in [5.41, 5.74) is 0.519. The average Bonchev–Trinajstić information content (AvgIpc) is 2.98. The van der Waals surface area contributed by atoms with Crippen LogP contribution in [-0.4, -0.2) is 28.3 Å². The number of aryl methyl sites for hydroxylation is 1. The highest BCUT2D eigenvalue weighted by atomic mass is 19.3. The summed E-state index contributed by atoms with van der Waals surface area (Å²) >= 11 is 0. The molecule has 0 N–H and O–H groups in total. The monoisotopic (exact) mass is 294 g/mol. The molecule has 114 valence electrons. The van der Waals surface area contributed by atoms with Gasteiger partial charge in [0.1, 0.15) is 5.41 Å². The first kappa shape index (κ1) is 14.4. The lowest BCUT2D eigenvalue weighted by Gasteiger charge is -2.29. The molecule has 1 aromatic heterocycles. The molecule has 3 rings (SSSR count). The van der Waals surface area contributed by atoms with Crippen LogP contribution in [0.5, 0.6) is 0 Å². The Morgan fingerprint density at radius 1 is 1.43 bits per heavy atom. The number of aromatic nitrogens is 1. The molecule has 0 bridgehead atoms. The molecule has 2 aliphatic heterocycles. The first-order valence-electron chi connectivity index (χ1n) is 7.52. The van der Waals surface area contributed by atoms with Crippen molar-refractivity contribution < 1.29 is 13.6 Å². The molecule has 0 unspecified atom stereocenters. The number of hydrogen-bond donors (Lipinski definition) is 0. The summed E-state index contributed by atoms with van der Waals surface area (Å²) in [6.45, 7) is 3.64. The third-order valence-electron chi connectivity index (χ3n) is 5.09. The molecule has 0 aliphatic carbocycles. The van der Waals surface area contributed by atoms with Gasteiger partial charge in [0.25, 0.3) is 6.43 Å². The van der Waals surface area contributed by atoms with Crippen LogP contribution < -0.4 is 0 Å². The van der Waals surface area contributed by atoms with Crippen molar-refractivity contribution >= 4 is 5.91 Å². The van der Waals surface area contributed by atoms with Gasteiger partial charge in [-0.1, -0.05) is 13.0 Å². The lowest BCUT2D eigenvalue weighted by molar-refractivity contribution is -0.146. The van der Waals surface area contributed by atoms with Crippen molar-refractivity contribution in [2.45, 2.75) is 58.0 Å². The first-order valence-corrected chi connectivity index (χ1v) is 7.52. The molecule has 3 nitrogen and oxygen atoms in total. The van der Waals surface area contributed by atoms with E-state index in [9.17, 15) is 13.6 Å². The second-order valence-electron chi connectivity index (χ2n) is 6.27. The molecule has 2 aliphatic rings. The Hall–Kier alpha value is -1.52. The van der Waals surface area contributed by atoms with Gasteiger partial charge in [0, 0.05) is 18.4 Å². The van der Waals surface area contributed by atoms with Crippen molar-refractivity contribution in [1.82, 2.24) is 9.88 Å². The van der Waals surface area contributed by atoms with E-state index in [4.69, 9.17) is 0 Å². The van der Waals surface area contributed by atoms with Crippen LogP contribution in [0.25, 0.3) is 0 Å². The molecule has 2 fully saturated rings. The van der Waals surface area contributed by atoms with E-state index in [1.165, 1.54) is 0 Å². The number of rotatable bonds is 3. The fourth-order valence-electron chi connectivity index (χ4n) is 3.88. The molecule has 0 saturated carbocycles. The predicted molar refractivity (Wildman–Crippen MR) is 74.9 cm³/mol. The molecule has 21 heavy (non-hydrogen) atoms. The maximum atomic E-state index is 13.5. The zero-order chi connectivity index (χ0) is 15.2. The normalized spacial score (nSPS) is 32.0. The van der Waals surface area contributed by atoms with Crippen molar-refractivity contribution in [2.75, 3.05) is 0 Å². The Kier molecular flexibility index (Phi) is 3.46. The fraction of sp³-hybridized carbons (Fsp3) is 0.625. The molecular weight excluding hydrogens is 274 g/mol. The Morgan fingerprint density at radius 3 is 2.81 bits per heavy atom. The molecule has 0 radical (unpaired) electrons. The summed E-state index contributed by atoms with van der Waals surface area (Å²) in [7, 11) is 0. The van der Waals surface area contributed by atoms with Gasteiger partial charge in [-0.2, -0.15) is 0 Å². The largest absolute Gasteiger partial charge is 0.332 e. The minimum atomic E-state index is -2.59. The predicted octanol–water partition coefficient (Wildman–Crippen LogP) is 3.49. The van der Waals surface area contributed by atoms with Crippen molar-refractivity contribution in [1.29, 1.82) is 0 Å². The SMILES string of the molecule is CC[C@]1(C(F)F)C[C@H]2CC[C@@H](c3cncc(C)c3)N2C1=O. The van der Waals surface area contributed by atoms with Crippen LogP contribution in [0.1, 0.15) is 49.8 Å². The van der Waals surface area contributed by atoms with Crippen molar-refractivity contribution in [3.63, 3.8) is 0 Å². The minimum Gasteiger partial charge on any atom is -0.332 e. The first-order chi connectivity index (χ1) is 9.99. The molecule has 3 atom stereocenters. The molecule has 1 amide bonds. The highest BCUT2D eigenvalue weighted by Crippen LogP contribution is 2.52. The van der Waals surface area contributed by atoms with E-state index in [2.05, 4.69) is 4.98 Å². The van der Waals surface area contributed by atoms with Gasteiger partial charge in [-0.3, -0.25) is 9.78 Å². The van der Waals surface area contributed by atoms with Crippen LogP contribution >= 0.6 is 0 Å². The van der Waals surface area contributed by atoms with Crippen molar-refractivity contribution in [3.8, 4) is 0 Å². The maximum absolute atomic E-state index is 13.5. The van der Waals surface area contributed by atoms with E-state index in [0.717, 1.165) is 24.0 Å². The molecule has 5 heteroatoms. The van der Waals surface area contributed by atoms with Gasteiger partial charge < -0.3 is 4.90 Å². The maximum Gasteiger partial charge on any atom is 0.252 e. The summed E-state index contributed by atoms with van der Waals surface area (Å²) in [4.78, 5) is 18.6. The Bertz CT molecular complexity index is 563. The van der Waals surface area contributed by atoms with Crippen LogP contribution in [0, 0.1) is 12.3 Å². The number of halogens is 2. The minimum absolute atomic E-state index is 0.0445. The van der Waals surface area contributed by atoms with Gasteiger partial charge in [0.2, 0.25) is 5.91 Å². The third kappa shape index (κ3) is 2.05. The van der Waals surface area contributed by atoms with Gasteiger partial charge in [0.05, 0.1) is 6.04 Å². The fourth-order valence-corrected chi connectivity index (χ4v) is 3.88. The molecule has 3 heterocycles. The second kappa shape index (κ2) is 5.04. The number of alkyl halides is 2. The van der Waals surface area contributed by atoms with E-state index in [0.29, 0.717) is 0 Å². The van der Waals surface area contributed by atoms with Gasteiger partial charge in [-0.25, -0.2) is 8.78 Å². The average molecular weight is 294 g/mol. The summed E-state index contributed by atoms with van der Waals surface area (Å²) in [6, 6.07) is 1.86. The third-order valence-corrected chi connectivity index (χ3v) is 5.09.